The molecule has 0 fully saturated rings. The Kier molecular flexibility index (Phi) is 4.60. The molecule has 0 bridgehead atoms. The Morgan fingerprint density at radius 2 is 2.24 bits per heavy atom. The van der Waals surface area contributed by atoms with Crippen LogP contribution in [0, 0.1) is 12.7 Å². The Labute approximate surface area is 99.6 Å². The fourth-order valence-electron chi connectivity index (χ4n) is 1.30. The van der Waals surface area contributed by atoms with E-state index in [1.54, 1.807) is 19.1 Å². The lowest BCUT2D eigenvalue weighted by atomic mass is 10.1. The molecule has 0 aliphatic heterocycles. The van der Waals surface area contributed by atoms with Crippen LogP contribution in [-0.2, 0) is 0 Å². The van der Waals surface area contributed by atoms with E-state index < -0.39 is 23.9 Å². The second kappa shape index (κ2) is 5.75. The predicted octanol–water partition coefficient (Wildman–Crippen LogP) is 0.572. The van der Waals surface area contributed by atoms with Gasteiger partial charge in [0.1, 0.15) is 5.82 Å². The first-order valence-electron chi connectivity index (χ1n) is 5.40. The fraction of sp³-hybridized carbons (Fsp3) is 0.417. The maximum absolute atomic E-state index is 13.6. The number of nitrogens with two attached hydrogens (primary N) is 1. The molecule has 0 saturated carbocycles. The van der Waals surface area contributed by atoms with Crippen molar-refractivity contribution in [2.45, 2.75) is 26.0 Å². The molecular weight excluding hydrogens is 223 g/mol. The lowest BCUT2D eigenvalue weighted by Gasteiger charge is -2.15. The molecule has 2 unspecified atom stereocenters. The third kappa shape index (κ3) is 3.51. The Bertz CT molecular complexity index is 407. The molecule has 1 aromatic rings. The van der Waals surface area contributed by atoms with Gasteiger partial charge in [-0.25, -0.2) is 4.39 Å². The number of carbonyl (C=O) groups excluding carboxylic acids is 1. The van der Waals surface area contributed by atoms with Gasteiger partial charge in [-0.05, 0) is 25.5 Å². The predicted molar refractivity (Wildman–Crippen MR) is 63.1 cm³/mol. The van der Waals surface area contributed by atoms with Gasteiger partial charge in [0.25, 0.3) is 5.91 Å². The zero-order valence-corrected chi connectivity index (χ0v) is 9.90. The summed E-state index contributed by atoms with van der Waals surface area (Å²) >= 11 is 0. The fourth-order valence-corrected chi connectivity index (χ4v) is 1.30. The lowest BCUT2D eigenvalue weighted by molar-refractivity contribution is 0.0933. The number of aliphatic hydroxyl groups is 1. The quantitative estimate of drug-likeness (QED) is 0.720. The van der Waals surface area contributed by atoms with E-state index in [-0.39, 0.29) is 12.1 Å². The van der Waals surface area contributed by atoms with Crippen LogP contribution in [0.4, 0.5) is 4.39 Å². The van der Waals surface area contributed by atoms with Gasteiger partial charge in [-0.2, -0.15) is 0 Å². The topological polar surface area (TPSA) is 75.4 Å². The maximum Gasteiger partial charge on any atom is 0.254 e. The number of hydrogen-bond donors (Lipinski definition) is 3. The molecule has 0 aromatic heterocycles. The molecule has 5 heteroatoms. The van der Waals surface area contributed by atoms with Crippen molar-refractivity contribution >= 4 is 5.91 Å². The van der Waals surface area contributed by atoms with Crippen molar-refractivity contribution < 1.29 is 14.3 Å². The van der Waals surface area contributed by atoms with E-state index in [4.69, 9.17) is 10.8 Å². The highest BCUT2D eigenvalue weighted by Gasteiger charge is 2.15. The molecule has 0 aliphatic carbocycles. The van der Waals surface area contributed by atoms with Gasteiger partial charge in [-0.3, -0.25) is 4.79 Å². The van der Waals surface area contributed by atoms with Crippen molar-refractivity contribution in [3.63, 3.8) is 0 Å². The standard InChI is InChI=1S/C12H17FN2O2/c1-7-4-3-5-9(11(7)13)12(17)15-6-10(14)8(2)16/h3-5,8,10,16H,6,14H2,1-2H3,(H,15,17). The van der Waals surface area contributed by atoms with Crippen LogP contribution in [0.15, 0.2) is 18.2 Å². The average molecular weight is 240 g/mol. The average Bonchev–Trinajstić information content (AvgIpc) is 2.29. The van der Waals surface area contributed by atoms with Gasteiger partial charge in [-0.15, -0.1) is 0 Å². The Hall–Kier alpha value is -1.46. The Balaban J connectivity index is 2.68. The van der Waals surface area contributed by atoms with Crippen molar-refractivity contribution in [1.29, 1.82) is 0 Å². The molecule has 0 heterocycles. The van der Waals surface area contributed by atoms with Gasteiger partial charge in [0.15, 0.2) is 0 Å². The minimum absolute atomic E-state index is 0.0113. The summed E-state index contributed by atoms with van der Waals surface area (Å²) < 4.78 is 13.6. The molecular formula is C12H17FN2O2. The summed E-state index contributed by atoms with van der Waals surface area (Å²) in [5, 5.41) is 11.6. The number of aliphatic hydroxyl groups excluding tert-OH is 1. The lowest BCUT2D eigenvalue weighted by Crippen LogP contribution is -2.43. The molecule has 0 saturated heterocycles. The highest BCUT2D eigenvalue weighted by molar-refractivity contribution is 5.94. The molecule has 1 amide bonds. The van der Waals surface area contributed by atoms with E-state index >= 15 is 0 Å². The van der Waals surface area contributed by atoms with Gasteiger partial charge in [0, 0.05) is 12.6 Å². The molecule has 0 aliphatic rings. The van der Waals surface area contributed by atoms with Crippen LogP contribution in [0.25, 0.3) is 0 Å². The molecule has 0 spiro atoms. The second-order valence-corrected chi connectivity index (χ2v) is 4.05. The molecule has 17 heavy (non-hydrogen) atoms. The minimum Gasteiger partial charge on any atom is -0.392 e. The number of benzene rings is 1. The third-order valence-corrected chi connectivity index (χ3v) is 2.55. The van der Waals surface area contributed by atoms with Gasteiger partial charge in [-0.1, -0.05) is 12.1 Å². The summed E-state index contributed by atoms with van der Waals surface area (Å²) in [5.41, 5.74) is 5.96. The van der Waals surface area contributed by atoms with Crippen LogP contribution in [0.2, 0.25) is 0 Å². The second-order valence-electron chi connectivity index (χ2n) is 4.05. The van der Waals surface area contributed by atoms with E-state index in [0.29, 0.717) is 5.56 Å². The Morgan fingerprint density at radius 3 is 2.82 bits per heavy atom. The van der Waals surface area contributed by atoms with Gasteiger partial charge >= 0.3 is 0 Å². The molecule has 1 rings (SSSR count). The van der Waals surface area contributed by atoms with Crippen molar-refractivity contribution in [2.75, 3.05) is 6.54 Å². The summed E-state index contributed by atoms with van der Waals surface area (Å²) in [6, 6.07) is 4.05. The third-order valence-electron chi connectivity index (χ3n) is 2.55. The number of amides is 1. The monoisotopic (exact) mass is 240 g/mol. The van der Waals surface area contributed by atoms with Crippen LogP contribution in [0.5, 0.6) is 0 Å². The molecule has 1 aromatic carbocycles. The van der Waals surface area contributed by atoms with E-state index in [1.165, 1.54) is 13.0 Å². The maximum atomic E-state index is 13.6. The van der Waals surface area contributed by atoms with Crippen LogP contribution >= 0.6 is 0 Å². The minimum atomic E-state index is -0.724. The van der Waals surface area contributed by atoms with Gasteiger partial charge in [0.2, 0.25) is 0 Å². The molecule has 2 atom stereocenters. The summed E-state index contributed by atoms with van der Waals surface area (Å²) in [5.74, 6) is -1.06. The normalized spacial score (nSPS) is 14.2. The summed E-state index contributed by atoms with van der Waals surface area (Å²) in [6.45, 7) is 3.22. The zero-order chi connectivity index (χ0) is 13.0. The number of nitrogens with one attached hydrogen (secondary N) is 1. The number of halogens is 1. The van der Waals surface area contributed by atoms with Crippen molar-refractivity contribution in [2.24, 2.45) is 5.73 Å². The highest BCUT2D eigenvalue weighted by Crippen LogP contribution is 2.11. The molecule has 4 nitrogen and oxygen atoms in total. The highest BCUT2D eigenvalue weighted by atomic mass is 19.1. The smallest absolute Gasteiger partial charge is 0.254 e. The SMILES string of the molecule is Cc1cccc(C(=O)NCC(N)C(C)O)c1F. The first-order valence-corrected chi connectivity index (χ1v) is 5.40. The molecule has 0 radical (unpaired) electrons. The first-order chi connectivity index (χ1) is 7.93. The first kappa shape index (κ1) is 13.6. The summed E-state index contributed by atoms with van der Waals surface area (Å²) in [7, 11) is 0. The van der Waals surface area contributed by atoms with Crippen LogP contribution in [-0.4, -0.2) is 29.7 Å². The number of rotatable bonds is 4. The molecule has 4 N–H and O–H groups in total. The van der Waals surface area contributed by atoms with E-state index in [2.05, 4.69) is 5.32 Å². The van der Waals surface area contributed by atoms with Crippen LogP contribution in [0.3, 0.4) is 0 Å². The van der Waals surface area contributed by atoms with Crippen LogP contribution < -0.4 is 11.1 Å². The van der Waals surface area contributed by atoms with Crippen molar-refractivity contribution in [1.82, 2.24) is 5.32 Å². The number of aryl methyl sites for hydroxylation is 1. The number of hydrogen-bond acceptors (Lipinski definition) is 3. The zero-order valence-electron chi connectivity index (χ0n) is 9.90. The largest absolute Gasteiger partial charge is 0.392 e. The summed E-state index contributed by atoms with van der Waals surface area (Å²) in [6.07, 6.45) is -0.724. The molecule has 94 valence electrons. The number of carbonyl (C=O) groups is 1. The summed E-state index contributed by atoms with van der Waals surface area (Å²) in [4.78, 5) is 11.7. The van der Waals surface area contributed by atoms with Crippen LogP contribution in [0.1, 0.15) is 22.8 Å². The Morgan fingerprint density at radius 1 is 1.59 bits per heavy atom. The van der Waals surface area contributed by atoms with E-state index in [1.807, 2.05) is 0 Å². The van der Waals surface area contributed by atoms with E-state index in [9.17, 15) is 9.18 Å². The van der Waals surface area contributed by atoms with Gasteiger partial charge < -0.3 is 16.2 Å². The van der Waals surface area contributed by atoms with Crippen molar-refractivity contribution in [3.8, 4) is 0 Å². The van der Waals surface area contributed by atoms with E-state index in [0.717, 1.165) is 0 Å². The van der Waals surface area contributed by atoms with Crippen molar-refractivity contribution in [3.05, 3.63) is 35.1 Å². The van der Waals surface area contributed by atoms with Gasteiger partial charge in [0.05, 0.1) is 11.7 Å².